The number of H-pyrrole nitrogens is 1. The van der Waals surface area contributed by atoms with E-state index in [4.69, 9.17) is 0 Å². The van der Waals surface area contributed by atoms with Crippen molar-refractivity contribution in [1.82, 2.24) is 24.6 Å². The van der Waals surface area contributed by atoms with Crippen molar-refractivity contribution in [3.8, 4) is 22.5 Å². The van der Waals surface area contributed by atoms with Gasteiger partial charge in [0.15, 0.2) is 5.82 Å². The number of aromatic nitrogens is 4. The molecule has 0 bridgehead atoms. The first kappa shape index (κ1) is 18.4. The van der Waals surface area contributed by atoms with Crippen LogP contribution in [-0.4, -0.2) is 43.6 Å². The molecule has 6 rings (SSSR count). The highest BCUT2D eigenvalue weighted by Gasteiger charge is 2.36. The van der Waals surface area contributed by atoms with Gasteiger partial charge in [-0.15, -0.1) is 10.2 Å². The highest BCUT2D eigenvalue weighted by atomic mass is 16.2. The van der Waals surface area contributed by atoms with Crippen molar-refractivity contribution in [2.75, 3.05) is 13.1 Å². The number of aromatic amines is 1. The Morgan fingerprint density at radius 2 is 1.81 bits per heavy atom. The number of nitrogens with one attached hydrogen (secondary N) is 1. The lowest BCUT2D eigenvalue weighted by Gasteiger charge is -2.17. The summed E-state index contributed by atoms with van der Waals surface area (Å²) in [6.07, 6.45) is 6.98. The molecule has 0 spiro atoms. The molecule has 0 unspecified atom stereocenters. The lowest BCUT2D eigenvalue weighted by Crippen LogP contribution is -2.30. The normalized spacial score (nSPS) is 18.7. The molecule has 156 valence electrons. The Morgan fingerprint density at radius 3 is 2.65 bits per heavy atom. The topological polar surface area (TPSA) is 66.8 Å². The minimum absolute atomic E-state index is 0.306. The number of carbonyl (C=O) groups excluding carboxylic acids is 1. The van der Waals surface area contributed by atoms with Gasteiger partial charge in [-0.05, 0) is 53.8 Å². The van der Waals surface area contributed by atoms with E-state index in [1.54, 1.807) is 0 Å². The maximum Gasteiger partial charge on any atom is 0.225 e. The summed E-state index contributed by atoms with van der Waals surface area (Å²) >= 11 is 0. The number of amides is 1. The van der Waals surface area contributed by atoms with Crippen molar-refractivity contribution in [2.45, 2.75) is 25.8 Å². The van der Waals surface area contributed by atoms with Gasteiger partial charge in [0.2, 0.25) is 5.91 Å². The van der Waals surface area contributed by atoms with Crippen LogP contribution in [0.2, 0.25) is 0 Å². The molecule has 6 heteroatoms. The Hall–Kier alpha value is -3.41. The minimum atomic E-state index is 0.306. The summed E-state index contributed by atoms with van der Waals surface area (Å²) in [6.45, 7) is 2.59. The molecule has 1 saturated heterocycles. The van der Waals surface area contributed by atoms with Crippen LogP contribution in [0.15, 0.2) is 61.1 Å². The van der Waals surface area contributed by atoms with Gasteiger partial charge in [0, 0.05) is 42.8 Å². The average molecular weight is 412 g/mol. The Balaban J connectivity index is 1.18. The van der Waals surface area contributed by atoms with Crippen molar-refractivity contribution in [3.05, 3.63) is 61.1 Å². The van der Waals surface area contributed by atoms with Crippen LogP contribution in [-0.2, 0) is 11.3 Å². The summed E-state index contributed by atoms with van der Waals surface area (Å²) < 4.78 is 2.13. The molecule has 2 fully saturated rings. The van der Waals surface area contributed by atoms with Crippen LogP contribution in [0.3, 0.4) is 0 Å². The highest BCUT2D eigenvalue weighted by molar-refractivity contribution is 5.85. The van der Waals surface area contributed by atoms with Crippen molar-refractivity contribution in [3.63, 3.8) is 0 Å². The van der Waals surface area contributed by atoms with E-state index in [1.165, 1.54) is 16.5 Å². The zero-order chi connectivity index (χ0) is 20.8. The number of likely N-dealkylation sites (tertiary alicyclic amines) is 1. The molecule has 0 radical (unpaired) electrons. The molecule has 1 amide bonds. The van der Waals surface area contributed by atoms with E-state index >= 15 is 0 Å². The van der Waals surface area contributed by atoms with Gasteiger partial charge in [0.1, 0.15) is 6.33 Å². The molecule has 1 aliphatic heterocycles. The van der Waals surface area contributed by atoms with Crippen LogP contribution in [0.1, 0.15) is 19.3 Å². The lowest BCUT2D eigenvalue weighted by atomic mass is 10.0. The van der Waals surface area contributed by atoms with Crippen LogP contribution in [0, 0.1) is 11.8 Å². The zero-order valence-electron chi connectivity index (χ0n) is 17.4. The summed E-state index contributed by atoms with van der Waals surface area (Å²) in [7, 11) is 0. The molecule has 1 aliphatic carbocycles. The average Bonchev–Trinajstić information content (AvgIpc) is 3.17. The molecule has 4 aromatic rings. The molecule has 3 heterocycles. The Kier molecular flexibility index (Phi) is 4.37. The molecule has 31 heavy (non-hydrogen) atoms. The number of hydrogen-bond acceptors (Lipinski definition) is 3. The van der Waals surface area contributed by atoms with Gasteiger partial charge in [-0.1, -0.05) is 36.4 Å². The summed E-state index contributed by atoms with van der Waals surface area (Å²) in [5, 5.41) is 9.77. The van der Waals surface area contributed by atoms with Crippen LogP contribution >= 0.6 is 0 Å². The number of nitrogens with zero attached hydrogens (tertiary/aromatic N) is 4. The maximum absolute atomic E-state index is 12.3. The molecule has 2 aromatic heterocycles. The number of carbonyl (C=O) groups is 1. The summed E-state index contributed by atoms with van der Waals surface area (Å²) in [5.41, 5.74) is 4.57. The van der Waals surface area contributed by atoms with Crippen LogP contribution in [0.4, 0.5) is 0 Å². The minimum Gasteiger partial charge on any atom is -0.361 e. The fourth-order valence-electron chi connectivity index (χ4n) is 4.70. The second-order valence-electron chi connectivity index (χ2n) is 8.88. The van der Waals surface area contributed by atoms with E-state index in [2.05, 4.69) is 73.2 Å². The molecule has 1 saturated carbocycles. The smallest absolute Gasteiger partial charge is 0.225 e. The van der Waals surface area contributed by atoms with Gasteiger partial charge in [0.25, 0.3) is 0 Å². The van der Waals surface area contributed by atoms with Gasteiger partial charge >= 0.3 is 0 Å². The standard InChI is InChI=1S/C25H25N5O/c31-25(21-6-7-21)29-12-10-17(14-29)15-30-16-27-28-24(30)20-4-1-18(2-5-20)22-8-3-19-9-11-26-23(19)13-22/h1-5,8-9,11,13,16-17,21,26H,6-7,10,12,14-15H2/t17-/m0/s1. The van der Waals surface area contributed by atoms with E-state index in [1.807, 2.05) is 12.5 Å². The Labute approximate surface area is 180 Å². The van der Waals surface area contributed by atoms with Gasteiger partial charge in [-0.2, -0.15) is 0 Å². The summed E-state index contributed by atoms with van der Waals surface area (Å²) in [6, 6.07) is 17.1. The Morgan fingerprint density at radius 1 is 1.00 bits per heavy atom. The van der Waals surface area contributed by atoms with Crippen molar-refractivity contribution in [2.24, 2.45) is 11.8 Å². The van der Waals surface area contributed by atoms with E-state index in [9.17, 15) is 4.79 Å². The summed E-state index contributed by atoms with van der Waals surface area (Å²) in [4.78, 5) is 17.7. The van der Waals surface area contributed by atoms with Crippen molar-refractivity contribution < 1.29 is 4.79 Å². The number of fused-ring (bicyclic) bond motifs is 1. The second kappa shape index (κ2) is 7.38. The Bertz CT molecular complexity index is 1230. The molecule has 1 atom stereocenters. The summed E-state index contributed by atoms with van der Waals surface area (Å²) in [5.74, 6) is 2.02. The number of benzene rings is 2. The van der Waals surface area contributed by atoms with Crippen LogP contribution in [0.25, 0.3) is 33.4 Å². The molecular weight excluding hydrogens is 386 g/mol. The van der Waals surface area contributed by atoms with E-state index in [0.717, 1.165) is 55.8 Å². The van der Waals surface area contributed by atoms with Gasteiger partial charge in [-0.3, -0.25) is 4.79 Å². The third-order valence-corrected chi connectivity index (χ3v) is 6.63. The number of rotatable bonds is 5. The third kappa shape index (κ3) is 3.52. The predicted octanol–water partition coefficient (Wildman–Crippen LogP) is 4.35. The van der Waals surface area contributed by atoms with E-state index in [0.29, 0.717) is 17.7 Å². The number of hydrogen-bond donors (Lipinski definition) is 1. The molecule has 2 aliphatic rings. The van der Waals surface area contributed by atoms with Crippen LogP contribution in [0.5, 0.6) is 0 Å². The maximum atomic E-state index is 12.3. The fraction of sp³-hybridized carbons (Fsp3) is 0.320. The fourth-order valence-corrected chi connectivity index (χ4v) is 4.70. The monoisotopic (exact) mass is 411 g/mol. The molecule has 6 nitrogen and oxygen atoms in total. The van der Waals surface area contributed by atoms with Crippen LogP contribution < -0.4 is 0 Å². The largest absolute Gasteiger partial charge is 0.361 e. The SMILES string of the molecule is O=C(C1CC1)N1CC[C@H](Cn2cnnc2-c2ccc(-c3ccc4cc[nH]c4c3)cc2)C1. The van der Waals surface area contributed by atoms with Crippen molar-refractivity contribution >= 4 is 16.8 Å². The molecule has 2 aromatic carbocycles. The molecule has 1 N–H and O–H groups in total. The van der Waals surface area contributed by atoms with E-state index in [-0.39, 0.29) is 0 Å². The third-order valence-electron chi connectivity index (χ3n) is 6.63. The quantitative estimate of drug-likeness (QED) is 0.531. The second-order valence-corrected chi connectivity index (χ2v) is 8.88. The lowest BCUT2D eigenvalue weighted by molar-refractivity contribution is -0.131. The highest BCUT2D eigenvalue weighted by Crippen LogP contribution is 2.33. The molecular formula is C25H25N5O. The van der Waals surface area contributed by atoms with Gasteiger partial charge in [-0.25, -0.2) is 0 Å². The first-order valence-electron chi connectivity index (χ1n) is 11.1. The first-order chi connectivity index (χ1) is 15.2. The zero-order valence-corrected chi connectivity index (χ0v) is 17.4. The van der Waals surface area contributed by atoms with Gasteiger partial charge < -0.3 is 14.5 Å². The first-order valence-corrected chi connectivity index (χ1v) is 11.1. The van der Waals surface area contributed by atoms with Gasteiger partial charge in [0.05, 0.1) is 0 Å². The van der Waals surface area contributed by atoms with Crippen molar-refractivity contribution in [1.29, 1.82) is 0 Å². The predicted molar refractivity (Wildman–Crippen MR) is 120 cm³/mol. The van der Waals surface area contributed by atoms with E-state index < -0.39 is 0 Å².